The van der Waals surface area contributed by atoms with Crippen LogP contribution in [0, 0.1) is 6.92 Å². The first kappa shape index (κ1) is 9.57. The molecule has 0 spiro atoms. The van der Waals surface area contributed by atoms with Crippen LogP contribution in [0.2, 0.25) is 0 Å². The Hall–Kier alpha value is -1.45. The van der Waals surface area contributed by atoms with Crippen LogP contribution < -0.4 is 0 Å². The van der Waals surface area contributed by atoms with Crippen molar-refractivity contribution >= 4 is 53.7 Å². The smallest absolute Gasteiger partial charge is 0.0908 e. The Morgan fingerprint density at radius 2 is 1.71 bits per heavy atom. The molecule has 0 N–H and O–H groups in total. The van der Waals surface area contributed by atoms with E-state index in [-0.39, 0.29) is 0 Å². The van der Waals surface area contributed by atoms with E-state index in [2.05, 4.69) is 47.6 Å². The first-order chi connectivity index (χ1) is 8.34. The van der Waals surface area contributed by atoms with Gasteiger partial charge in [-0.3, -0.25) is 0 Å². The summed E-state index contributed by atoms with van der Waals surface area (Å²) in [6.07, 6.45) is 0. The fourth-order valence-electron chi connectivity index (χ4n) is 2.38. The van der Waals surface area contributed by atoms with E-state index in [1.54, 1.807) is 22.7 Å². The lowest BCUT2D eigenvalue weighted by molar-refractivity contribution is 1.36. The molecule has 3 heteroatoms. The molecule has 0 saturated heterocycles. The minimum absolute atomic E-state index is 1.14. The van der Waals surface area contributed by atoms with Crippen molar-refractivity contribution < 1.29 is 0 Å². The number of hydrogen-bond donors (Lipinski definition) is 0. The molecule has 0 bridgehead atoms. The number of rotatable bonds is 0. The quantitative estimate of drug-likeness (QED) is 0.432. The van der Waals surface area contributed by atoms with Gasteiger partial charge in [-0.1, -0.05) is 24.3 Å². The van der Waals surface area contributed by atoms with Gasteiger partial charge < -0.3 is 0 Å². The molecule has 82 valence electrons. The molecule has 0 aliphatic rings. The highest BCUT2D eigenvalue weighted by Crippen LogP contribution is 2.39. The SMILES string of the molecule is Cc1nc2c3ccsc3c3ccccc3c2s1. The molecule has 0 unspecified atom stereocenters. The third kappa shape index (κ3) is 1.21. The van der Waals surface area contributed by atoms with Crippen molar-refractivity contribution in [1.29, 1.82) is 0 Å². The summed E-state index contributed by atoms with van der Waals surface area (Å²) in [5.41, 5.74) is 1.17. The third-order valence-corrected chi connectivity index (χ3v) is 5.02. The van der Waals surface area contributed by atoms with Gasteiger partial charge in [0.1, 0.15) is 0 Å². The molecule has 2 aromatic carbocycles. The van der Waals surface area contributed by atoms with Crippen LogP contribution in [0.15, 0.2) is 35.7 Å². The van der Waals surface area contributed by atoms with Crippen molar-refractivity contribution in [3.05, 3.63) is 40.7 Å². The number of benzene rings is 2. The first-order valence-corrected chi connectivity index (χ1v) is 7.19. The lowest BCUT2D eigenvalue weighted by Gasteiger charge is -2.00. The molecule has 17 heavy (non-hydrogen) atoms. The van der Waals surface area contributed by atoms with Gasteiger partial charge in [0, 0.05) is 20.9 Å². The largest absolute Gasteiger partial charge is 0.241 e. The van der Waals surface area contributed by atoms with Gasteiger partial charge in [0.15, 0.2) is 0 Å². The number of hydrogen-bond acceptors (Lipinski definition) is 3. The summed E-state index contributed by atoms with van der Waals surface area (Å²) in [5.74, 6) is 0. The molecule has 0 atom stereocenters. The Kier molecular flexibility index (Phi) is 1.84. The third-order valence-electron chi connectivity index (χ3n) is 3.07. The standard InChI is InChI=1S/C14H9NS2/c1-8-15-12-11-6-7-16-13(11)9-4-2-3-5-10(9)14(12)17-8/h2-7H,1H3. The minimum atomic E-state index is 1.14. The Morgan fingerprint density at radius 1 is 0.941 bits per heavy atom. The highest BCUT2D eigenvalue weighted by atomic mass is 32.1. The van der Waals surface area contributed by atoms with Gasteiger partial charge in [0.2, 0.25) is 0 Å². The van der Waals surface area contributed by atoms with Crippen molar-refractivity contribution in [1.82, 2.24) is 4.98 Å². The fourth-order valence-corrected chi connectivity index (χ4v) is 4.29. The molecule has 0 radical (unpaired) electrons. The highest BCUT2D eigenvalue weighted by molar-refractivity contribution is 7.21. The van der Waals surface area contributed by atoms with Gasteiger partial charge in [-0.15, -0.1) is 22.7 Å². The van der Waals surface area contributed by atoms with Crippen LogP contribution >= 0.6 is 22.7 Å². The molecule has 4 aromatic rings. The van der Waals surface area contributed by atoms with Gasteiger partial charge >= 0.3 is 0 Å². The number of aromatic nitrogens is 1. The molecule has 1 nitrogen and oxygen atoms in total. The van der Waals surface area contributed by atoms with E-state index < -0.39 is 0 Å². The van der Waals surface area contributed by atoms with Gasteiger partial charge in [-0.2, -0.15) is 0 Å². The zero-order valence-electron chi connectivity index (χ0n) is 9.23. The van der Waals surface area contributed by atoms with E-state index in [4.69, 9.17) is 0 Å². The fraction of sp³-hybridized carbons (Fsp3) is 0.0714. The average Bonchev–Trinajstić information content (AvgIpc) is 2.94. The van der Waals surface area contributed by atoms with Crippen molar-refractivity contribution in [2.75, 3.05) is 0 Å². The maximum atomic E-state index is 4.69. The summed E-state index contributed by atoms with van der Waals surface area (Å²) in [4.78, 5) is 4.69. The van der Waals surface area contributed by atoms with Gasteiger partial charge in [-0.25, -0.2) is 4.98 Å². The minimum Gasteiger partial charge on any atom is -0.241 e. The predicted molar refractivity (Wildman–Crippen MR) is 77.2 cm³/mol. The molecule has 2 heterocycles. The topological polar surface area (TPSA) is 12.9 Å². The summed E-state index contributed by atoms with van der Waals surface area (Å²) in [5, 5.41) is 7.29. The van der Waals surface area contributed by atoms with E-state index in [0.29, 0.717) is 0 Å². The van der Waals surface area contributed by atoms with Crippen LogP contribution in [0.5, 0.6) is 0 Å². The van der Waals surface area contributed by atoms with Crippen molar-refractivity contribution in [2.24, 2.45) is 0 Å². The molecule has 4 rings (SSSR count). The summed E-state index contributed by atoms with van der Waals surface area (Å²) < 4.78 is 2.68. The Labute approximate surface area is 106 Å². The van der Waals surface area contributed by atoms with E-state index in [1.807, 2.05) is 0 Å². The second-order valence-electron chi connectivity index (χ2n) is 4.12. The number of nitrogens with zero attached hydrogens (tertiary/aromatic N) is 1. The predicted octanol–water partition coefficient (Wildman–Crippen LogP) is 4.97. The average molecular weight is 255 g/mol. The number of thiophene rings is 1. The van der Waals surface area contributed by atoms with Gasteiger partial charge in [0.05, 0.1) is 15.2 Å². The second kappa shape index (κ2) is 3.28. The molecular formula is C14H9NS2. The number of aryl methyl sites for hydroxylation is 1. The molecular weight excluding hydrogens is 246 g/mol. The summed E-state index contributed by atoms with van der Waals surface area (Å²) >= 11 is 3.60. The monoisotopic (exact) mass is 255 g/mol. The lowest BCUT2D eigenvalue weighted by atomic mass is 10.1. The van der Waals surface area contributed by atoms with Crippen LogP contribution in [0.25, 0.3) is 31.1 Å². The maximum absolute atomic E-state index is 4.69. The maximum Gasteiger partial charge on any atom is 0.0908 e. The Morgan fingerprint density at radius 3 is 2.53 bits per heavy atom. The first-order valence-electron chi connectivity index (χ1n) is 5.49. The molecule has 0 amide bonds. The second-order valence-corrected chi connectivity index (χ2v) is 6.24. The molecule has 0 aliphatic heterocycles. The van der Waals surface area contributed by atoms with E-state index in [9.17, 15) is 0 Å². The summed E-state index contributed by atoms with van der Waals surface area (Å²) in [6, 6.07) is 10.8. The van der Waals surface area contributed by atoms with Crippen molar-refractivity contribution in [2.45, 2.75) is 6.92 Å². The summed E-state index contributed by atoms with van der Waals surface area (Å²) in [6.45, 7) is 2.08. The van der Waals surface area contributed by atoms with Crippen LogP contribution in [0.1, 0.15) is 5.01 Å². The van der Waals surface area contributed by atoms with Crippen LogP contribution in [0.4, 0.5) is 0 Å². The van der Waals surface area contributed by atoms with Crippen molar-refractivity contribution in [3.63, 3.8) is 0 Å². The van der Waals surface area contributed by atoms with Crippen molar-refractivity contribution in [3.8, 4) is 0 Å². The van der Waals surface area contributed by atoms with Gasteiger partial charge in [0.25, 0.3) is 0 Å². The zero-order valence-corrected chi connectivity index (χ0v) is 10.9. The normalized spacial score (nSPS) is 11.8. The zero-order chi connectivity index (χ0) is 11.4. The molecule has 2 aromatic heterocycles. The van der Waals surface area contributed by atoms with Gasteiger partial charge in [-0.05, 0) is 18.4 Å². The van der Waals surface area contributed by atoms with E-state index in [0.717, 1.165) is 5.01 Å². The van der Waals surface area contributed by atoms with Crippen LogP contribution in [-0.2, 0) is 0 Å². The number of fused-ring (bicyclic) bond motifs is 6. The van der Waals surface area contributed by atoms with Crippen LogP contribution in [0.3, 0.4) is 0 Å². The summed E-state index contributed by atoms with van der Waals surface area (Å²) in [7, 11) is 0. The molecule has 0 aliphatic carbocycles. The van der Waals surface area contributed by atoms with Crippen LogP contribution in [-0.4, -0.2) is 4.98 Å². The lowest BCUT2D eigenvalue weighted by Crippen LogP contribution is -1.75. The Bertz CT molecular complexity index is 854. The number of thiazole rings is 1. The van der Waals surface area contributed by atoms with E-state index in [1.165, 1.54) is 31.1 Å². The molecule has 0 fully saturated rings. The van der Waals surface area contributed by atoms with E-state index >= 15 is 0 Å². The molecule has 0 saturated carbocycles. The highest BCUT2D eigenvalue weighted by Gasteiger charge is 2.12. The Balaban J connectivity index is 2.47.